The number of carbonyl (C=O) groups is 1. The highest BCUT2D eigenvalue weighted by Gasteiger charge is 2.19. The van der Waals surface area contributed by atoms with Crippen molar-refractivity contribution in [2.45, 2.75) is 32.7 Å². The fraction of sp³-hybridized carbons (Fsp3) is 0.438. The normalized spacial score (nSPS) is 13.0. The van der Waals surface area contributed by atoms with Crippen LogP contribution in [0.25, 0.3) is 11.4 Å². The SMILES string of the molecule is CCC(C)C(N)C(=O)NCCc1nc(-c2ccc(Cl)cc2)no1.Cl. The van der Waals surface area contributed by atoms with E-state index in [2.05, 4.69) is 15.5 Å². The Kier molecular flexibility index (Phi) is 8.18. The van der Waals surface area contributed by atoms with Crippen LogP contribution in [0.15, 0.2) is 28.8 Å². The Morgan fingerprint density at radius 1 is 1.38 bits per heavy atom. The molecular formula is C16H22Cl2N4O2. The number of hydrogen-bond donors (Lipinski definition) is 2. The number of nitrogens with zero attached hydrogens (tertiary/aromatic N) is 2. The van der Waals surface area contributed by atoms with Crippen molar-refractivity contribution in [1.82, 2.24) is 15.5 Å². The van der Waals surface area contributed by atoms with Crippen molar-refractivity contribution < 1.29 is 9.32 Å². The standard InChI is InChI=1S/C16H21ClN4O2.ClH/c1-3-10(2)14(18)16(22)19-9-8-13-20-15(21-23-13)11-4-6-12(17)7-5-11;/h4-7,10,14H,3,8-9,18H2,1-2H3,(H,19,22);1H. The lowest BCUT2D eigenvalue weighted by Crippen LogP contribution is -2.45. The molecule has 3 N–H and O–H groups in total. The van der Waals surface area contributed by atoms with Gasteiger partial charge in [-0.25, -0.2) is 0 Å². The van der Waals surface area contributed by atoms with Gasteiger partial charge in [0.25, 0.3) is 0 Å². The van der Waals surface area contributed by atoms with Crippen LogP contribution in [0.5, 0.6) is 0 Å². The molecule has 0 saturated carbocycles. The summed E-state index contributed by atoms with van der Waals surface area (Å²) < 4.78 is 5.18. The molecule has 8 heteroatoms. The van der Waals surface area contributed by atoms with Gasteiger partial charge in [-0.3, -0.25) is 4.79 Å². The molecule has 0 radical (unpaired) electrons. The predicted molar refractivity (Wildman–Crippen MR) is 96.1 cm³/mol. The lowest BCUT2D eigenvalue weighted by molar-refractivity contribution is -0.123. The molecule has 0 saturated heterocycles. The van der Waals surface area contributed by atoms with E-state index in [1.165, 1.54) is 0 Å². The first-order chi connectivity index (χ1) is 11.0. The van der Waals surface area contributed by atoms with Gasteiger partial charge in [0.15, 0.2) is 0 Å². The van der Waals surface area contributed by atoms with Crippen molar-refractivity contribution in [1.29, 1.82) is 0 Å². The second kappa shape index (κ2) is 9.61. The van der Waals surface area contributed by atoms with E-state index >= 15 is 0 Å². The van der Waals surface area contributed by atoms with Crippen LogP contribution >= 0.6 is 24.0 Å². The van der Waals surface area contributed by atoms with E-state index in [4.69, 9.17) is 21.9 Å². The van der Waals surface area contributed by atoms with E-state index in [0.717, 1.165) is 12.0 Å². The molecule has 0 aliphatic rings. The lowest BCUT2D eigenvalue weighted by atomic mass is 9.99. The number of aromatic nitrogens is 2. The van der Waals surface area contributed by atoms with Crippen molar-refractivity contribution in [2.24, 2.45) is 11.7 Å². The molecule has 0 aliphatic carbocycles. The average molecular weight is 373 g/mol. The number of nitrogens with two attached hydrogens (primary N) is 1. The molecule has 6 nitrogen and oxygen atoms in total. The molecule has 2 rings (SSSR count). The summed E-state index contributed by atoms with van der Waals surface area (Å²) in [6.45, 7) is 4.38. The molecule has 0 fully saturated rings. The van der Waals surface area contributed by atoms with Crippen molar-refractivity contribution in [2.75, 3.05) is 6.54 Å². The Morgan fingerprint density at radius 2 is 2.04 bits per heavy atom. The Balaban J connectivity index is 0.00000288. The molecule has 0 bridgehead atoms. The zero-order valence-electron chi connectivity index (χ0n) is 13.7. The zero-order chi connectivity index (χ0) is 16.8. The third kappa shape index (κ3) is 5.47. The highest BCUT2D eigenvalue weighted by atomic mass is 35.5. The third-order valence-corrected chi connectivity index (χ3v) is 4.02. The van der Waals surface area contributed by atoms with Gasteiger partial charge in [-0.05, 0) is 30.2 Å². The monoisotopic (exact) mass is 372 g/mol. The topological polar surface area (TPSA) is 94.0 Å². The van der Waals surface area contributed by atoms with Gasteiger partial charge in [0.2, 0.25) is 17.6 Å². The van der Waals surface area contributed by atoms with E-state index in [9.17, 15) is 4.79 Å². The quantitative estimate of drug-likeness (QED) is 0.778. The second-order valence-corrected chi connectivity index (χ2v) is 5.91. The smallest absolute Gasteiger partial charge is 0.237 e. The van der Waals surface area contributed by atoms with Gasteiger partial charge in [-0.2, -0.15) is 4.98 Å². The van der Waals surface area contributed by atoms with Gasteiger partial charge in [0.05, 0.1) is 6.04 Å². The summed E-state index contributed by atoms with van der Waals surface area (Å²) in [5.41, 5.74) is 6.69. The molecule has 1 heterocycles. The minimum absolute atomic E-state index is 0. The molecule has 0 spiro atoms. The van der Waals surface area contributed by atoms with Crippen LogP contribution in [0.3, 0.4) is 0 Å². The fourth-order valence-electron chi connectivity index (χ4n) is 2.00. The predicted octanol–water partition coefficient (Wildman–Crippen LogP) is 2.84. The minimum atomic E-state index is -0.493. The van der Waals surface area contributed by atoms with E-state index in [1.54, 1.807) is 12.1 Å². The van der Waals surface area contributed by atoms with Gasteiger partial charge in [-0.1, -0.05) is 37.0 Å². The molecule has 24 heavy (non-hydrogen) atoms. The fourth-order valence-corrected chi connectivity index (χ4v) is 2.12. The van der Waals surface area contributed by atoms with Crippen LogP contribution in [-0.4, -0.2) is 28.6 Å². The minimum Gasteiger partial charge on any atom is -0.354 e. The van der Waals surface area contributed by atoms with Crippen LogP contribution in [0.2, 0.25) is 5.02 Å². The van der Waals surface area contributed by atoms with E-state index in [-0.39, 0.29) is 24.2 Å². The summed E-state index contributed by atoms with van der Waals surface area (Å²) in [6.07, 6.45) is 1.32. The summed E-state index contributed by atoms with van der Waals surface area (Å²) in [5, 5.41) is 7.37. The van der Waals surface area contributed by atoms with E-state index in [1.807, 2.05) is 26.0 Å². The number of hydrogen-bond acceptors (Lipinski definition) is 5. The molecule has 1 aromatic heterocycles. The lowest BCUT2D eigenvalue weighted by Gasteiger charge is -2.17. The van der Waals surface area contributed by atoms with E-state index < -0.39 is 6.04 Å². The van der Waals surface area contributed by atoms with Crippen molar-refractivity contribution in [3.05, 3.63) is 35.2 Å². The molecule has 2 aromatic rings. The van der Waals surface area contributed by atoms with Crippen LogP contribution < -0.4 is 11.1 Å². The number of halogens is 2. The van der Waals surface area contributed by atoms with E-state index in [0.29, 0.717) is 29.7 Å². The molecular weight excluding hydrogens is 351 g/mol. The van der Waals surface area contributed by atoms with Crippen LogP contribution in [0.4, 0.5) is 0 Å². The van der Waals surface area contributed by atoms with Gasteiger partial charge >= 0.3 is 0 Å². The number of nitrogens with one attached hydrogen (secondary N) is 1. The van der Waals surface area contributed by atoms with Crippen molar-refractivity contribution in [3.8, 4) is 11.4 Å². The second-order valence-electron chi connectivity index (χ2n) is 5.47. The van der Waals surface area contributed by atoms with Crippen molar-refractivity contribution in [3.63, 3.8) is 0 Å². The summed E-state index contributed by atoms with van der Waals surface area (Å²) in [5.74, 6) is 0.957. The first kappa shape index (κ1) is 20.4. The molecule has 2 unspecified atom stereocenters. The number of benzene rings is 1. The third-order valence-electron chi connectivity index (χ3n) is 3.77. The number of amides is 1. The molecule has 0 aliphatic heterocycles. The summed E-state index contributed by atoms with van der Waals surface area (Å²) in [4.78, 5) is 16.2. The summed E-state index contributed by atoms with van der Waals surface area (Å²) in [7, 11) is 0. The first-order valence-electron chi connectivity index (χ1n) is 7.63. The first-order valence-corrected chi connectivity index (χ1v) is 8.01. The largest absolute Gasteiger partial charge is 0.354 e. The maximum absolute atomic E-state index is 11.9. The molecule has 132 valence electrons. The Morgan fingerprint density at radius 3 is 2.67 bits per heavy atom. The zero-order valence-corrected chi connectivity index (χ0v) is 15.2. The molecule has 2 atom stereocenters. The average Bonchev–Trinajstić information content (AvgIpc) is 3.02. The van der Waals surface area contributed by atoms with Crippen molar-refractivity contribution >= 4 is 29.9 Å². The number of carbonyl (C=O) groups excluding carboxylic acids is 1. The van der Waals surface area contributed by atoms with Gasteiger partial charge in [0.1, 0.15) is 0 Å². The highest BCUT2D eigenvalue weighted by Crippen LogP contribution is 2.18. The van der Waals surface area contributed by atoms with Crippen LogP contribution in [0.1, 0.15) is 26.2 Å². The molecule has 1 amide bonds. The van der Waals surface area contributed by atoms with Crippen LogP contribution in [0, 0.1) is 5.92 Å². The highest BCUT2D eigenvalue weighted by molar-refractivity contribution is 6.30. The Bertz CT molecular complexity index is 646. The summed E-state index contributed by atoms with van der Waals surface area (Å²) in [6, 6.07) is 6.69. The van der Waals surface area contributed by atoms with Gasteiger partial charge in [0, 0.05) is 23.6 Å². The molecule has 1 aromatic carbocycles. The maximum Gasteiger partial charge on any atom is 0.237 e. The van der Waals surface area contributed by atoms with Gasteiger partial charge in [-0.15, -0.1) is 12.4 Å². The summed E-state index contributed by atoms with van der Waals surface area (Å²) >= 11 is 5.85. The maximum atomic E-state index is 11.9. The van der Waals surface area contributed by atoms with Crippen LogP contribution in [-0.2, 0) is 11.2 Å². The van der Waals surface area contributed by atoms with Gasteiger partial charge < -0.3 is 15.6 Å². The Labute approximate surface area is 152 Å². The Hall–Kier alpha value is -1.63. The number of rotatable bonds is 7.